The second-order valence-electron chi connectivity index (χ2n) is 9.97. The van der Waals surface area contributed by atoms with E-state index >= 15 is 0 Å². The molecule has 0 amide bonds. The maximum absolute atomic E-state index is 13.5. The van der Waals surface area contributed by atoms with Crippen molar-refractivity contribution in [3.63, 3.8) is 0 Å². The lowest BCUT2D eigenvalue weighted by molar-refractivity contribution is 0.422. The van der Waals surface area contributed by atoms with Crippen LogP contribution in [0.15, 0.2) is 88.3 Å². The second kappa shape index (κ2) is 8.38. The first kappa shape index (κ1) is 22.4. The van der Waals surface area contributed by atoms with Crippen molar-refractivity contribution in [2.24, 2.45) is 0 Å². The fourth-order valence-corrected chi connectivity index (χ4v) is 5.27. The minimum Gasteiger partial charge on any atom is -0.437 e. The van der Waals surface area contributed by atoms with E-state index in [-0.39, 0.29) is 0 Å². The van der Waals surface area contributed by atoms with Crippen LogP contribution in [-0.2, 0) is 0 Å². The quantitative estimate of drug-likeness (QED) is 0.254. The number of rotatable bonds is 3. The van der Waals surface area contributed by atoms with Gasteiger partial charge in [0.1, 0.15) is 11.9 Å². The average Bonchev–Trinajstić information content (AvgIpc) is 3.37. The van der Waals surface area contributed by atoms with Crippen LogP contribution in [-0.4, -0.2) is 19.6 Å². The number of hydrogen-bond donors (Lipinski definition) is 0. The summed E-state index contributed by atoms with van der Waals surface area (Å²) in [5.41, 5.74) is 5.89. The van der Waals surface area contributed by atoms with Gasteiger partial charge in [0.2, 0.25) is 5.88 Å². The van der Waals surface area contributed by atoms with Gasteiger partial charge in [0, 0.05) is 5.56 Å². The number of fused-ring (bicyclic) bond motifs is 6. The number of aromatic nitrogens is 4. The van der Waals surface area contributed by atoms with E-state index in [1.807, 2.05) is 49.4 Å². The predicted octanol–water partition coefficient (Wildman–Crippen LogP) is 6.62. The Hall–Kier alpha value is -4.78. The Morgan fingerprint density at radius 3 is 2.47 bits per heavy atom. The number of para-hydroxylation sites is 1. The Kier molecular flexibility index (Phi) is 4.94. The predicted molar refractivity (Wildman–Crippen MR) is 145 cm³/mol. The summed E-state index contributed by atoms with van der Waals surface area (Å²) in [6, 6.07) is 23.7. The van der Waals surface area contributed by atoms with Crippen molar-refractivity contribution in [1.82, 2.24) is 19.6 Å². The Morgan fingerprint density at radius 1 is 0.921 bits per heavy atom. The summed E-state index contributed by atoms with van der Waals surface area (Å²) in [6.07, 6.45) is 1.61. The summed E-state index contributed by atoms with van der Waals surface area (Å²) in [5, 5.41) is 5.45. The van der Waals surface area contributed by atoms with Crippen molar-refractivity contribution in [1.29, 1.82) is 0 Å². The Morgan fingerprint density at radius 2 is 1.68 bits per heavy atom. The molecule has 1 atom stereocenters. The van der Waals surface area contributed by atoms with Crippen LogP contribution in [0.1, 0.15) is 53.5 Å². The topological polar surface area (TPSA) is 82.5 Å². The van der Waals surface area contributed by atoms with Crippen LogP contribution < -0.4 is 10.4 Å². The molecule has 3 aromatic carbocycles. The molecule has 6 aromatic rings. The van der Waals surface area contributed by atoms with Crippen molar-refractivity contribution < 1.29 is 9.15 Å². The maximum atomic E-state index is 13.5. The SMILES string of the molecule is Cc1ccccc1-c1nc2c3c(ncn2n1)Oc1c(c(=O)oc2ccccc12)C3c1ccc(C(C)C)cc1. The van der Waals surface area contributed by atoms with Gasteiger partial charge in [-0.25, -0.2) is 19.3 Å². The van der Waals surface area contributed by atoms with Gasteiger partial charge in [-0.1, -0.05) is 74.5 Å². The fraction of sp³-hybridized carbons (Fsp3) is 0.161. The molecule has 0 saturated heterocycles. The molecule has 0 N–H and O–H groups in total. The van der Waals surface area contributed by atoms with Crippen LogP contribution >= 0.6 is 0 Å². The van der Waals surface area contributed by atoms with Gasteiger partial charge in [-0.2, -0.15) is 0 Å². The fourth-order valence-electron chi connectivity index (χ4n) is 5.27. The molecule has 38 heavy (non-hydrogen) atoms. The summed E-state index contributed by atoms with van der Waals surface area (Å²) in [5.74, 6) is 1.35. The molecule has 3 aromatic heterocycles. The second-order valence-corrected chi connectivity index (χ2v) is 9.97. The summed E-state index contributed by atoms with van der Waals surface area (Å²) in [7, 11) is 0. The third-order valence-corrected chi connectivity index (χ3v) is 7.28. The standard InChI is InChI=1S/C31H24N4O3/c1-17(2)19-12-14-20(15-13-19)24-25-27(22-10-6-7-11-23(22)37-31(25)36)38-30-26(24)29-33-28(34-35(29)16-32-30)21-9-5-4-8-18(21)3/h4-17,24H,1-3H3. The van der Waals surface area contributed by atoms with Gasteiger partial charge in [-0.15, -0.1) is 5.10 Å². The van der Waals surface area contributed by atoms with E-state index in [0.717, 1.165) is 22.1 Å². The van der Waals surface area contributed by atoms with Gasteiger partial charge >= 0.3 is 5.63 Å². The van der Waals surface area contributed by atoms with E-state index < -0.39 is 11.5 Å². The smallest absolute Gasteiger partial charge is 0.344 e. The number of nitrogens with zero attached hydrogens (tertiary/aromatic N) is 4. The van der Waals surface area contributed by atoms with E-state index in [1.54, 1.807) is 16.9 Å². The average molecular weight is 501 g/mol. The molecular weight excluding hydrogens is 476 g/mol. The molecule has 1 unspecified atom stereocenters. The first-order chi connectivity index (χ1) is 18.5. The lowest BCUT2D eigenvalue weighted by Crippen LogP contribution is -2.22. The number of aryl methyl sites for hydroxylation is 1. The lowest BCUT2D eigenvalue weighted by Gasteiger charge is -2.27. The van der Waals surface area contributed by atoms with Gasteiger partial charge in [-0.05, 0) is 41.7 Å². The van der Waals surface area contributed by atoms with E-state index in [9.17, 15) is 4.79 Å². The van der Waals surface area contributed by atoms with Crippen LogP contribution in [0, 0.1) is 6.92 Å². The molecule has 0 bridgehead atoms. The molecule has 7 nitrogen and oxygen atoms in total. The van der Waals surface area contributed by atoms with E-state index in [4.69, 9.17) is 19.2 Å². The van der Waals surface area contributed by atoms with Crippen molar-refractivity contribution in [3.8, 4) is 23.0 Å². The molecule has 1 aliphatic rings. The van der Waals surface area contributed by atoms with Crippen molar-refractivity contribution in [2.45, 2.75) is 32.6 Å². The summed E-state index contributed by atoms with van der Waals surface area (Å²) in [4.78, 5) is 23.1. The van der Waals surface area contributed by atoms with Crippen LogP contribution in [0.25, 0.3) is 28.0 Å². The minimum absolute atomic E-state index is 0.383. The first-order valence-corrected chi connectivity index (χ1v) is 12.6. The molecule has 0 aliphatic carbocycles. The zero-order valence-corrected chi connectivity index (χ0v) is 21.2. The normalized spacial score (nSPS) is 14.5. The minimum atomic E-state index is -0.499. The Balaban J connectivity index is 1.53. The van der Waals surface area contributed by atoms with E-state index in [0.29, 0.717) is 45.7 Å². The molecule has 0 saturated carbocycles. The molecule has 0 fully saturated rings. The first-order valence-electron chi connectivity index (χ1n) is 12.6. The Labute approximate surface area is 218 Å². The van der Waals surface area contributed by atoms with Crippen LogP contribution in [0.3, 0.4) is 0 Å². The molecule has 4 heterocycles. The van der Waals surface area contributed by atoms with Gasteiger partial charge in [0.25, 0.3) is 0 Å². The highest BCUT2D eigenvalue weighted by Crippen LogP contribution is 2.49. The third kappa shape index (κ3) is 3.35. The van der Waals surface area contributed by atoms with Crippen LogP contribution in [0.5, 0.6) is 11.6 Å². The van der Waals surface area contributed by atoms with Gasteiger partial charge < -0.3 is 9.15 Å². The maximum Gasteiger partial charge on any atom is 0.344 e. The number of hydrogen-bond acceptors (Lipinski definition) is 6. The molecule has 7 heteroatoms. The number of benzene rings is 3. The highest BCUT2D eigenvalue weighted by Gasteiger charge is 2.37. The summed E-state index contributed by atoms with van der Waals surface area (Å²) >= 11 is 0. The highest BCUT2D eigenvalue weighted by atomic mass is 16.5. The Bertz CT molecular complexity index is 1920. The van der Waals surface area contributed by atoms with Crippen LogP contribution in [0.2, 0.25) is 0 Å². The van der Waals surface area contributed by atoms with Gasteiger partial charge in [0.05, 0.1) is 22.4 Å². The monoisotopic (exact) mass is 500 g/mol. The molecule has 0 spiro atoms. The molecular formula is C31H24N4O3. The van der Waals surface area contributed by atoms with Crippen molar-refractivity contribution in [2.75, 3.05) is 0 Å². The number of ether oxygens (including phenoxy) is 1. The van der Waals surface area contributed by atoms with Crippen molar-refractivity contribution >= 4 is 16.6 Å². The van der Waals surface area contributed by atoms with E-state index in [2.05, 4.69) is 43.1 Å². The lowest BCUT2D eigenvalue weighted by atomic mass is 9.83. The zero-order chi connectivity index (χ0) is 26.0. The van der Waals surface area contributed by atoms with Crippen molar-refractivity contribution in [3.05, 3.63) is 117 Å². The molecule has 0 radical (unpaired) electrons. The summed E-state index contributed by atoms with van der Waals surface area (Å²) < 4.78 is 13.8. The van der Waals surface area contributed by atoms with Gasteiger partial charge in [-0.3, -0.25) is 0 Å². The zero-order valence-electron chi connectivity index (χ0n) is 21.2. The largest absolute Gasteiger partial charge is 0.437 e. The summed E-state index contributed by atoms with van der Waals surface area (Å²) in [6.45, 7) is 6.35. The molecule has 1 aliphatic heterocycles. The molecule has 186 valence electrons. The van der Waals surface area contributed by atoms with E-state index in [1.165, 1.54) is 5.56 Å². The third-order valence-electron chi connectivity index (χ3n) is 7.28. The van der Waals surface area contributed by atoms with Crippen LogP contribution in [0.4, 0.5) is 0 Å². The highest BCUT2D eigenvalue weighted by molar-refractivity contribution is 5.87. The van der Waals surface area contributed by atoms with Gasteiger partial charge in [0.15, 0.2) is 17.2 Å². The molecule has 7 rings (SSSR count).